The Kier molecular flexibility index (Phi) is 2.66. The van der Waals surface area contributed by atoms with Crippen LogP contribution in [-0.4, -0.2) is 16.2 Å². The summed E-state index contributed by atoms with van der Waals surface area (Å²) < 4.78 is 0. The minimum Gasteiger partial charge on any atom is -0.404 e. The van der Waals surface area contributed by atoms with Crippen LogP contribution in [-0.2, 0) is 5.41 Å². The second-order valence-electron chi connectivity index (χ2n) is 7.37. The van der Waals surface area contributed by atoms with Crippen molar-refractivity contribution >= 4 is 11.3 Å². The fourth-order valence-corrected chi connectivity index (χ4v) is 4.55. The van der Waals surface area contributed by atoms with Crippen molar-refractivity contribution in [3.63, 3.8) is 0 Å². The lowest BCUT2D eigenvalue weighted by atomic mass is 9.77. The van der Waals surface area contributed by atoms with E-state index in [9.17, 15) is 0 Å². The zero-order chi connectivity index (χ0) is 16.4. The molecular formula is C21H21N3. The van der Waals surface area contributed by atoms with Gasteiger partial charge in [-0.15, -0.1) is 0 Å². The Hall–Kier alpha value is -2.42. The van der Waals surface area contributed by atoms with Gasteiger partial charge in [0.05, 0.1) is 16.9 Å². The number of nitrogens with zero attached hydrogens (tertiary/aromatic N) is 2. The van der Waals surface area contributed by atoms with Crippen LogP contribution in [0, 0.1) is 6.92 Å². The van der Waals surface area contributed by atoms with Gasteiger partial charge in [0.2, 0.25) is 0 Å². The number of hydrogen-bond acceptors (Lipinski definition) is 3. The highest BCUT2D eigenvalue weighted by Crippen LogP contribution is 2.69. The summed E-state index contributed by atoms with van der Waals surface area (Å²) in [5, 5.41) is 0. The van der Waals surface area contributed by atoms with Crippen LogP contribution in [0.4, 0.5) is 0 Å². The molecule has 0 radical (unpaired) electrons. The molecule has 2 saturated carbocycles. The number of aromatic nitrogens is 1. The fraction of sp³-hybridized carbons (Fsp3) is 0.333. The SMILES string of the molecule is Cc1cccnc1C(=CN)C1=NC2(CC2)C2(CC2)c2ccccc21. The predicted molar refractivity (Wildman–Crippen MR) is 97.0 cm³/mol. The number of allylic oxidation sites excluding steroid dienone is 1. The quantitative estimate of drug-likeness (QED) is 0.917. The summed E-state index contributed by atoms with van der Waals surface area (Å²) in [7, 11) is 0. The molecule has 2 spiro atoms. The van der Waals surface area contributed by atoms with E-state index in [2.05, 4.69) is 42.2 Å². The molecular weight excluding hydrogens is 294 g/mol. The van der Waals surface area contributed by atoms with Crippen LogP contribution in [0.2, 0.25) is 0 Å². The third kappa shape index (κ3) is 1.67. The highest BCUT2D eigenvalue weighted by molar-refractivity contribution is 6.32. The molecule has 2 fully saturated rings. The standard InChI is InChI=1S/C21H21N3/c1-14-5-4-12-23-18(14)16(13-22)19-15-6-2-3-7-17(15)20(8-9-20)21(24-19)10-11-21/h2-7,12-13H,8-11,22H2,1H3. The van der Waals surface area contributed by atoms with E-state index >= 15 is 0 Å². The maximum Gasteiger partial charge on any atom is 0.0767 e. The molecule has 2 N–H and O–H groups in total. The van der Waals surface area contributed by atoms with Crippen LogP contribution in [0.3, 0.4) is 0 Å². The van der Waals surface area contributed by atoms with Gasteiger partial charge in [-0.25, -0.2) is 0 Å². The summed E-state index contributed by atoms with van der Waals surface area (Å²) in [6.45, 7) is 2.08. The Balaban J connectivity index is 1.74. The first-order valence-corrected chi connectivity index (χ1v) is 8.75. The summed E-state index contributed by atoms with van der Waals surface area (Å²) in [4.78, 5) is 9.89. The van der Waals surface area contributed by atoms with Gasteiger partial charge in [0.25, 0.3) is 0 Å². The van der Waals surface area contributed by atoms with Gasteiger partial charge in [0.1, 0.15) is 0 Å². The van der Waals surface area contributed by atoms with E-state index in [4.69, 9.17) is 10.7 Å². The average Bonchev–Trinajstić information content (AvgIpc) is 3.50. The van der Waals surface area contributed by atoms with E-state index in [0.717, 1.165) is 22.5 Å². The number of pyridine rings is 1. The maximum absolute atomic E-state index is 6.07. The Bertz CT molecular complexity index is 899. The van der Waals surface area contributed by atoms with Gasteiger partial charge in [-0.2, -0.15) is 0 Å². The van der Waals surface area contributed by atoms with Crippen molar-refractivity contribution in [3.8, 4) is 0 Å². The van der Waals surface area contributed by atoms with Crippen LogP contribution < -0.4 is 5.73 Å². The van der Waals surface area contributed by atoms with Crippen LogP contribution >= 0.6 is 0 Å². The van der Waals surface area contributed by atoms with Crippen molar-refractivity contribution in [2.75, 3.05) is 0 Å². The first-order valence-electron chi connectivity index (χ1n) is 8.75. The molecule has 5 rings (SSSR count). The number of aryl methyl sites for hydroxylation is 1. The van der Waals surface area contributed by atoms with Gasteiger partial charge >= 0.3 is 0 Å². The average molecular weight is 315 g/mol. The molecule has 3 heteroatoms. The second kappa shape index (κ2) is 4.56. The van der Waals surface area contributed by atoms with E-state index in [-0.39, 0.29) is 5.54 Å². The molecule has 1 aliphatic heterocycles. The fourth-order valence-electron chi connectivity index (χ4n) is 4.55. The van der Waals surface area contributed by atoms with Crippen LogP contribution in [0.25, 0.3) is 5.57 Å². The topological polar surface area (TPSA) is 51.3 Å². The van der Waals surface area contributed by atoms with Crippen molar-refractivity contribution < 1.29 is 0 Å². The van der Waals surface area contributed by atoms with Crippen LogP contribution in [0.5, 0.6) is 0 Å². The number of aliphatic imine (C=N–C) groups is 1. The minimum absolute atomic E-state index is 0.119. The normalized spacial score (nSPS) is 22.2. The molecule has 2 aromatic rings. The second-order valence-corrected chi connectivity index (χ2v) is 7.37. The highest BCUT2D eigenvalue weighted by Gasteiger charge is 2.68. The van der Waals surface area contributed by atoms with E-state index < -0.39 is 0 Å². The Labute approximate surface area is 142 Å². The van der Waals surface area contributed by atoms with Crippen molar-refractivity contribution in [2.24, 2.45) is 10.7 Å². The number of nitrogens with two attached hydrogens (primary N) is 1. The lowest BCUT2D eigenvalue weighted by Gasteiger charge is -2.33. The lowest BCUT2D eigenvalue weighted by Crippen LogP contribution is -2.34. The number of benzene rings is 1. The molecule has 2 aliphatic carbocycles. The van der Waals surface area contributed by atoms with Gasteiger partial charge in [-0.3, -0.25) is 9.98 Å². The Morgan fingerprint density at radius 1 is 1.08 bits per heavy atom. The zero-order valence-corrected chi connectivity index (χ0v) is 13.9. The van der Waals surface area contributed by atoms with Crippen molar-refractivity contribution in [2.45, 2.75) is 43.6 Å². The first kappa shape index (κ1) is 14.0. The molecule has 0 unspecified atom stereocenters. The number of hydrogen-bond donors (Lipinski definition) is 1. The molecule has 2 heterocycles. The van der Waals surface area contributed by atoms with Crippen molar-refractivity contribution in [1.29, 1.82) is 0 Å². The number of rotatable bonds is 2. The number of fused-ring (bicyclic) bond motifs is 3. The van der Waals surface area contributed by atoms with Gasteiger partial charge in [-0.1, -0.05) is 30.3 Å². The van der Waals surface area contributed by atoms with Gasteiger partial charge in [0.15, 0.2) is 0 Å². The lowest BCUT2D eigenvalue weighted by molar-refractivity contribution is 0.498. The summed E-state index contributed by atoms with van der Waals surface area (Å²) in [6, 6.07) is 12.8. The van der Waals surface area contributed by atoms with Crippen molar-refractivity contribution in [3.05, 3.63) is 71.2 Å². The molecule has 3 aliphatic rings. The van der Waals surface area contributed by atoms with Gasteiger partial charge in [-0.05, 0) is 49.8 Å². The van der Waals surface area contributed by atoms with Gasteiger partial charge in [0, 0.05) is 28.9 Å². The molecule has 0 saturated heterocycles. The molecule has 24 heavy (non-hydrogen) atoms. The summed E-state index contributed by atoms with van der Waals surface area (Å²) in [5.74, 6) is 0. The molecule has 120 valence electrons. The highest BCUT2D eigenvalue weighted by atomic mass is 15.0. The molecule has 1 aromatic heterocycles. The van der Waals surface area contributed by atoms with Crippen molar-refractivity contribution in [1.82, 2.24) is 4.98 Å². The largest absolute Gasteiger partial charge is 0.404 e. The summed E-state index contributed by atoms with van der Waals surface area (Å²) >= 11 is 0. The molecule has 3 nitrogen and oxygen atoms in total. The third-order valence-corrected chi connectivity index (χ3v) is 6.07. The van der Waals surface area contributed by atoms with E-state index in [1.54, 1.807) is 6.20 Å². The molecule has 1 aromatic carbocycles. The molecule has 0 atom stereocenters. The molecule has 0 bridgehead atoms. The maximum atomic E-state index is 6.07. The van der Waals surface area contributed by atoms with E-state index in [1.165, 1.54) is 36.8 Å². The van der Waals surface area contributed by atoms with Crippen LogP contribution in [0.15, 0.2) is 53.8 Å². The zero-order valence-electron chi connectivity index (χ0n) is 13.9. The van der Waals surface area contributed by atoms with E-state index in [1.807, 2.05) is 12.3 Å². The predicted octanol–water partition coefficient (Wildman–Crippen LogP) is 3.76. The smallest absolute Gasteiger partial charge is 0.0767 e. The summed E-state index contributed by atoms with van der Waals surface area (Å²) in [5.41, 5.74) is 13.3. The molecule has 0 amide bonds. The Morgan fingerprint density at radius 2 is 1.88 bits per heavy atom. The monoisotopic (exact) mass is 315 g/mol. The van der Waals surface area contributed by atoms with Gasteiger partial charge < -0.3 is 5.73 Å². The first-order chi connectivity index (χ1) is 11.7. The third-order valence-electron chi connectivity index (χ3n) is 6.07. The Morgan fingerprint density at radius 3 is 2.54 bits per heavy atom. The van der Waals surface area contributed by atoms with E-state index in [0.29, 0.717) is 5.41 Å². The van der Waals surface area contributed by atoms with Crippen LogP contribution in [0.1, 0.15) is 48.1 Å². The summed E-state index contributed by atoms with van der Waals surface area (Å²) in [6.07, 6.45) is 8.45. The minimum atomic E-state index is 0.119.